The first-order chi connectivity index (χ1) is 20.5. The quantitative estimate of drug-likeness (QED) is 0.190. The fourth-order valence-electron chi connectivity index (χ4n) is 6.33. The summed E-state index contributed by atoms with van der Waals surface area (Å²) in [5, 5.41) is 12.4. The molecule has 1 aromatic heterocycles. The first-order valence-corrected chi connectivity index (χ1v) is 15.7. The Morgan fingerprint density at radius 2 is 1.98 bits per heavy atom. The van der Waals surface area contributed by atoms with Crippen molar-refractivity contribution < 1.29 is 9.53 Å². The SMILES string of the molecule is C=CC(=O)N1CCN(c2nc(OC[C@@H]3CCCN3I)nc3c2CCN(c2cccc4cccc(Cl)c24)C3)C[C@@H]1CC#N. The molecule has 3 aromatic rings. The maximum atomic E-state index is 12.5. The van der Waals surface area contributed by atoms with Gasteiger partial charge in [-0.05, 0) is 42.9 Å². The summed E-state index contributed by atoms with van der Waals surface area (Å²) in [7, 11) is 0. The van der Waals surface area contributed by atoms with Crippen molar-refractivity contribution in [2.75, 3.05) is 49.1 Å². The van der Waals surface area contributed by atoms with Gasteiger partial charge in [-0.2, -0.15) is 15.2 Å². The molecule has 2 saturated heterocycles. The second-order valence-corrected chi connectivity index (χ2v) is 12.6. The zero-order valence-corrected chi connectivity index (χ0v) is 26.3. The topological polar surface area (TPSA) is 88.8 Å². The van der Waals surface area contributed by atoms with Crippen LogP contribution in [-0.2, 0) is 17.8 Å². The molecule has 2 aromatic carbocycles. The molecule has 6 rings (SSSR count). The smallest absolute Gasteiger partial charge is 0.318 e. The summed E-state index contributed by atoms with van der Waals surface area (Å²) in [5.41, 5.74) is 3.12. The number of nitrogens with zero attached hydrogens (tertiary/aromatic N) is 7. The zero-order chi connectivity index (χ0) is 29.2. The van der Waals surface area contributed by atoms with Gasteiger partial charge in [-0.25, -0.2) is 3.11 Å². The Morgan fingerprint density at radius 1 is 1.14 bits per heavy atom. The lowest BCUT2D eigenvalue weighted by molar-refractivity contribution is -0.128. The number of nitriles is 1. The predicted molar refractivity (Wildman–Crippen MR) is 173 cm³/mol. The molecule has 218 valence electrons. The molecule has 4 heterocycles. The van der Waals surface area contributed by atoms with Crippen molar-refractivity contribution in [3.8, 4) is 12.1 Å². The summed E-state index contributed by atoms with van der Waals surface area (Å²) < 4.78 is 8.57. The number of benzene rings is 2. The fraction of sp³-hybridized carbons (Fsp3) is 0.419. The van der Waals surface area contributed by atoms with Gasteiger partial charge < -0.3 is 19.4 Å². The lowest BCUT2D eigenvalue weighted by Crippen LogP contribution is -2.55. The number of carbonyl (C=O) groups excluding carboxylic acids is 1. The van der Waals surface area contributed by atoms with Crippen molar-refractivity contribution in [3.63, 3.8) is 0 Å². The van der Waals surface area contributed by atoms with E-state index >= 15 is 0 Å². The molecule has 0 saturated carbocycles. The molecular formula is C31H33ClIN7O2. The van der Waals surface area contributed by atoms with Gasteiger partial charge in [0, 0.05) is 72.2 Å². The van der Waals surface area contributed by atoms with Gasteiger partial charge in [0.05, 0.1) is 41.8 Å². The summed E-state index contributed by atoms with van der Waals surface area (Å²) in [5.74, 6) is 0.699. The number of carbonyl (C=O) groups is 1. The van der Waals surface area contributed by atoms with Crippen LogP contribution in [0.2, 0.25) is 5.02 Å². The van der Waals surface area contributed by atoms with Crippen LogP contribution in [-0.4, -0.2) is 75.3 Å². The number of piperazine rings is 1. The fourth-order valence-corrected chi connectivity index (χ4v) is 7.39. The van der Waals surface area contributed by atoms with Crippen molar-refractivity contribution in [1.29, 1.82) is 5.26 Å². The van der Waals surface area contributed by atoms with Crippen LogP contribution >= 0.6 is 34.5 Å². The molecule has 3 aliphatic heterocycles. The van der Waals surface area contributed by atoms with Gasteiger partial charge in [0.15, 0.2) is 0 Å². The highest BCUT2D eigenvalue weighted by molar-refractivity contribution is 14.1. The number of hydrogen-bond donors (Lipinski definition) is 0. The minimum Gasteiger partial charge on any atom is -0.462 e. The minimum absolute atomic E-state index is 0.145. The van der Waals surface area contributed by atoms with Gasteiger partial charge in [-0.1, -0.05) is 42.4 Å². The molecule has 3 aliphatic rings. The third-order valence-corrected chi connectivity index (χ3v) is 10.1. The zero-order valence-electron chi connectivity index (χ0n) is 23.4. The van der Waals surface area contributed by atoms with Crippen LogP contribution in [0, 0.1) is 11.3 Å². The first kappa shape index (κ1) is 29.0. The molecule has 0 aliphatic carbocycles. The van der Waals surface area contributed by atoms with Crippen molar-refractivity contribution in [2.24, 2.45) is 0 Å². The van der Waals surface area contributed by atoms with Gasteiger partial charge in [-0.15, -0.1) is 0 Å². The second kappa shape index (κ2) is 12.6. The molecule has 1 amide bonds. The summed E-state index contributed by atoms with van der Waals surface area (Å²) in [6.45, 7) is 8.25. The largest absolute Gasteiger partial charge is 0.462 e. The number of ether oxygens (including phenoxy) is 1. The molecule has 0 unspecified atom stereocenters. The van der Waals surface area contributed by atoms with E-state index in [4.69, 9.17) is 26.3 Å². The van der Waals surface area contributed by atoms with E-state index in [1.807, 2.05) is 12.1 Å². The van der Waals surface area contributed by atoms with E-state index in [-0.39, 0.29) is 18.4 Å². The van der Waals surface area contributed by atoms with E-state index < -0.39 is 0 Å². The molecule has 0 spiro atoms. The Bertz CT molecular complexity index is 1540. The van der Waals surface area contributed by atoms with E-state index in [9.17, 15) is 10.1 Å². The van der Waals surface area contributed by atoms with Gasteiger partial charge in [-0.3, -0.25) is 4.79 Å². The molecular weight excluding hydrogens is 665 g/mol. The second-order valence-electron chi connectivity index (χ2n) is 11.0. The molecule has 2 fully saturated rings. The van der Waals surface area contributed by atoms with Gasteiger partial charge in [0.25, 0.3) is 0 Å². The molecule has 42 heavy (non-hydrogen) atoms. The lowest BCUT2D eigenvalue weighted by Gasteiger charge is -2.42. The summed E-state index contributed by atoms with van der Waals surface area (Å²) in [4.78, 5) is 28.7. The summed E-state index contributed by atoms with van der Waals surface area (Å²) >= 11 is 9.07. The normalized spacial score (nSPS) is 20.8. The van der Waals surface area contributed by atoms with Crippen LogP contribution in [0.3, 0.4) is 0 Å². The van der Waals surface area contributed by atoms with E-state index in [2.05, 4.69) is 72.7 Å². The standard InChI is InChI=1S/C31H33ClIN7O2/c1-2-28(41)39-17-16-38(18-22(39)11-13-34)30-24-12-15-37(27-10-4-7-21-6-3-9-25(32)29(21)27)19-26(24)35-31(36-30)42-20-23-8-5-14-40(23)33/h2-4,6-7,9-10,22-23H,1,5,8,11-12,14-20H2/t22-,23-/m0/s1. The van der Waals surface area contributed by atoms with E-state index in [0.717, 1.165) is 70.9 Å². The maximum Gasteiger partial charge on any atom is 0.318 e. The van der Waals surface area contributed by atoms with Crippen LogP contribution in [0.1, 0.15) is 30.5 Å². The Kier molecular flexibility index (Phi) is 8.70. The number of hydrogen-bond acceptors (Lipinski definition) is 8. The van der Waals surface area contributed by atoms with E-state index in [0.29, 0.717) is 44.8 Å². The highest BCUT2D eigenvalue weighted by atomic mass is 127. The highest BCUT2D eigenvalue weighted by Gasteiger charge is 2.34. The van der Waals surface area contributed by atoms with Gasteiger partial charge >= 0.3 is 6.01 Å². The van der Waals surface area contributed by atoms with E-state index in [1.54, 1.807) is 4.90 Å². The predicted octanol–water partition coefficient (Wildman–Crippen LogP) is 5.16. The van der Waals surface area contributed by atoms with Crippen molar-refractivity contribution in [1.82, 2.24) is 18.0 Å². The van der Waals surface area contributed by atoms with Crippen LogP contribution < -0.4 is 14.5 Å². The molecule has 9 nitrogen and oxygen atoms in total. The Balaban J connectivity index is 1.34. The van der Waals surface area contributed by atoms with Gasteiger partial charge in [0.1, 0.15) is 12.4 Å². The van der Waals surface area contributed by atoms with Crippen molar-refractivity contribution in [2.45, 2.75) is 44.3 Å². The number of anilines is 2. The molecule has 11 heteroatoms. The third-order valence-electron chi connectivity index (χ3n) is 8.47. The van der Waals surface area contributed by atoms with Crippen LogP contribution in [0.5, 0.6) is 6.01 Å². The summed E-state index contributed by atoms with van der Waals surface area (Å²) in [6, 6.07) is 15.0. The number of rotatable bonds is 7. The maximum absolute atomic E-state index is 12.5. The molecule has 0 N–H and O–H groups in total. The Morgan fingerprint density at radius 3 is 2.74 bits per heavy atom. The lowest BCUT2D eigenvalue weighted by atomic mass is 10.0. The number of halogens is 2. The van der Waals surface area contributed by atoms with E-state index in [1.165, 1.54) is 6.08 Å². The number of amides is 1. The molecule has 0 radical (unpaired) electrons. The minimum atomic E-state index is -0.242. The monoisotopic (exact) mass is 697 g/mol. The molecule has 0 bridgehead atoms. The Labute approximate surface area is 265 Å². The Hall–Kier alpha value is -3.14. The molecule has 2 atom stereocenters. The van der Waals surface area contributed by atoms with Crippen molar-refractivity contribution >= 4 is 62.7 Å². The average molecular weight is 698 g/mol. The summed E-state index contributed by atoms with van der Waals surface area (Å²) in [6.07, 6.45) is 4.57. The first-order valence-electron chi connectivity index (χ1n) is 14.4. The van der Waals surface area contributed by atoms with Crippen molar-refractivity contribution in [3.05, 3.63) is 65.3 Å². The van der Waals surface area contributed by atoms with Crippen LogP contribution in [0.15, 0.2) is 49.1 Å². The van der Waals surface area contributed by atoms with Gasteiger partial charge in [0.2, 0.25) is 5.91 Å². The number of fused-ring (bicyclic) bond motifs is 2. The highest BCUT2D eigenvalue weighted by Crippen LogP contribution is 2.37. The van der Waals surface area contributed by atoms with Crippen LogP contribution in [0.4, 0.5) is 11.5 Å². The third kappa shape index (κ3) is 5.74. The van der Waals surface area contributed by atoms with Crippen LogP contribution in [0.25, 0.3) is 10.8 Å². The number of aromatic nitrogens is 2. The average Bonchev–Trinajstić information content (AvgIpc) is 3.43.